The van der Waals surface area contributed by atoms with Crippen LogP contribution in [0.15, 0.2) is 51.8 Å². The molecule has 0 saturated carbocycles. The molecule has 0 aromatic heterocycles. The molecule has 0 aliphatic rings. The fraction of sp³-hybridized carbons (Fsp3) is 0.0714. The summed E-state index contributed by atoms with van der Waals surface area (Å²) in [5, 5.41) is 9.06. The van der Waals surface area contributed by atoms with Gasteiger partial charge >= 0.3 is 5.97 Å². The van der Waals surface area contributed by atoms with E-state index in [4.69, 9.17) is 5.11 Å². The smallest absolute Gasteiger partial charge is 0.336 e. The van der Waals surface area contributed by atoms with Crippen molar-refractivity contribution in [3.8, 4) is 0 Å². The molecule has 2 aromatic carbocycles. The van der Waals surface area contributed by atoms with Crippen LogP contribution in [0.4, 0.5) is 0 Å². The average molecular weight is 465 g/mol. The Morgan fingerprint density at radius 3 is 2.45 bits per heavy atom. The van der Waals surface area contributed by atoms with E-state index in [1.54, 1.807) is 12.1 Å². The zero-order valence-electron chi connectivity index (χ0n) is 10.2. The lowest BCUT2D eigenvalue weighted by Gasteiger charge is -2.05. The third kappa shape index (κ3) is 3.89. The Morgan fingerprint density at radius 2 is 1.85 bits per heavy atom. The fourth-order valence-corrected chi connectivity index (χ4v) is 3.53. The second-order valence-electron chi connectivity index (χ2n) is 4.06. The monoisotopic (exact) mass is 464 g/mol. The van der Waals surface area contributed by atoms with Crippen LogP contribution in [0.1, 0.15) is 15.9 Å². The maximum absolute atomic E-state index is 12.3. The lowest BCUT2D eigenvalue weighted by Crippen LogP contribution is -2.02. The number of aromatic carboxylic acids is 1. The van der Waals surface area contributed by atoms with E-state index >= 15 is 0 Å². The van der Waals surface area contributed by atoms with Crippen molar-refractivity contribution in [3.63, 3.8) is 0 Å². The third-order valence-corrected chi connectivity index (χ3v) is 5.43. The molecular weight excluding hydrogens is 455 g/mol. The topological polar surface area (TPSA) is 54.4 Å². The van der Waals surface area contributed by atoms with Gasteiger partial charge in [0.1, 0.15) is 0 Å². The highest BCUT2D eigenvalue weighted by molar-refractivity contribution is 14.1. The molecule has 1 atom stereocenters. The molecule has 1 unspecified atom stereocenters. The Labute approximate surface area is 141 Å². The van der Waals surface area contributed by atoms with Crippen molar-refractivity contribution in [2.75, 3.05) is 0 Å². The molecule has 0 saturated heterocycles. The van der Waals surface area contributed by atoms with Gasteiger partial charge in [0.2, 0.25) is 0 Å². The van der Waals surface area contributed by atoms with E-state index in [0.29, 0.717) is 15.1 Å². The van der Waals surface area contributed by atoms with Gasteiger partial charge in [0.25, 0.3) is 0 Å². The van der Waals surface area contributed by atoms with Gasteiger partial charge in [-0.25, -0.2) is 4.79 Å². The van der Waals surface area contributed by atoms with Crippen LogP contribution in [0.2, 0.25) is 0 Å². The summed E-state index contributed by atoms with van der Waals surface area (Å²) in [7, 11) is -1.26. The van der Waals surface area contributed by atoms with Crippen LogP contribution in [-0.2, 0) is 16.6 Å². The predicted octanol–water partition coefficient (Wildman–Crippen LogP) is 4.06. The average Bonchev–Trinajstić information content (AvgIpc) is 2.41. The molecule has 3 nitrogen and oxygen atoms in total. The summed E-state index contributed by atoms with van der Waals surface area (Å²) in [5.74, 6) is -0.664. The van der Waals surface area contributed by atoms with Gasteiger partial charge in [-0.1, -0.05) is 12.1 Å². The Kier molecular flexibility index (Phi) is 5.34. The van der Waals surface area contributed by atoms with Crippen molar-refractivity contribution in [1.29, 1.82) is 0 Å². The number of benzene rings is 2. The number of rotatable bonds is 4. The highest BCUT2D eigenvalue weighted by atomic mass is 127. The third-order valence-electron chi connectivity index (χ3n) is 2.64. The summed E-state index contributed by atoms with van der Waals surface area (Å²) in [6.07, 6.45) is 0. The van der Waals surface area contributed by atoms with E-state index in [9.17, 15) is 9.00 Å². The van der Waals surface area contributed by atoms with E-state index in [-0.39, 0.29) is 5.56 Å². The Hall–Kier alpha value is -0.730. The van der Waals surface area contributed by atoms with Gasteiger partial charge in [-0.15, -0.1) is 0 Å². The number of hydrogen-bond acceptors (Lipinski definition) is 2. The van der Waals surface area contributed by atoms with Gasteiger partial charge in [0, 0.05) is 12.9 Å². The first-order valence-corrected chi connectivity index (χ1v) is 8.82. The van der Waals surface area contributed by atoms with Crippen LogP contribution in [-0.4, -0.2) is 15.3 Å². The molecule has 0 spiro atoms. The number of halogens is 2. The molecule has 0 aliphatic heterocycles. The van der Waals surface area contributed by atoms with E-state index < -0.39 is 16.8 Å². The van der Waals surface area contributed by atoms with E-state index in [0.717, 1.165) is 9.13 Å². The van der Waals surface area contributed by atoms with Crippen LogP contribution in [0.5, 0.6) is 0 Å². The lowest BCUT2D eigenvalue weighted by atomic mass is 10.2. The van der Waals surface area contributed by atoms with Crippen molar-refractivity contribution >= 4 is 55.3 Å². The minimum absolute atomic E-state index is 0.124. The molecule has 0 amide bonds. The normalized spacial score (nSPS) is 12.1. The van der Waals surface area contributed by atoms with Gasteiger partial charge in [-0.05, 0) is 74.4 Å². The first-order valence-electron chi connectivity index (χ1n) is 5.63. The number of carboxylic acid groups (broad SMARTS) is 1. The molecular formula is C14H10BrIO3S. The summed E-state index contributed by atoms with van der Waals surface area (Å²) in [6.45, 7) is 0. The number of hydrogen-bond donors (Lipinski definition) is 1. The molecule has 0 fully saturated rings. The second kappa shape index (κ2) is 6.82. The van der Waals surface area contributed by atoms with Crippen LogP contribution in [0.3, 0.4) is 0 Å². The number of carboxylic acids is 1. The summed E-state index contributed by atoms with van der Waals surface area (Å²) in [6, 6.07) is 12.5. The van der Waals surface area contributed by atoms with Crippen molar-refractivity contribution in [2.45, 2.75) is 10.6 Å². The molecule has 0 heterocycles. The molecule has 20 heavy (non-hydrogen) atoms. The Bertz CT molecular complexity index is 671. The van der Waals surface area contributed by atoms with Crippen LogP contribution < -0.4 is 0 Å². The van der Waals surface area contributed by atoms with Gasteiger partial charge in [-0.2, -0.15) is 0 Å². The van der Waals surface area contributed by atoms with Crippen molar-refractivity contribution in [1.82, 2.24) is 0 Å². The van der Waals surface area contributed by atoms with Gasteiger partial charge in [0.15, 0.2) is 0 Å². The molecule has 6 heteroatoms. The maximum Gasteiger partial charge on any atom is 0.336 e. The molecule has 104 valence electrons. The quantitative estimate of drug-likeness (QED) is 0.694. The first-order chi connectivity index (χ1) is 9.47. The van der Waals surface area contributed by atoms with Gasteiger partial charge < -0.3 is 5.11 Å². The van der Waals surface area contributed by atoms with E-state index in [1.807, 2.05) is 24.3 Å². The first kappa shape index (κ1) is 15.7. The largest absolute Gasteiger partial charge is 0.478 e. The fourth-order valence-electron chi connectivity index (χ4n) is 1.63. The molecule has 0 bridgehead atoms. The van der Waals surface area contributed by atoms with E-state index in [2.05, 4.69) is 38.5 Å². The van der Waals surface area contributed by atoms with Gasteiger partial charge in [-0.3, -0.25) is 4.21 Å². The zero-order chi connectivity index (χ0) is 14.7. The number of carbonyl (C=O) groups is 1. The van der Waals surface area contributed by atoms with Crippen LogP contribution in [0.25, 0.3) is 0 Å². The minimum atomic E-state index is -1.26. The molecule has 2 aromatic rings. The molecule has 0 radical (unpaired) electrons. The van der Waals surface area contributed by atoms with Gasteiger partial charge in [0.05, 0.1) is 22.1 Å². The predicted molar refractivity (Wildman–Crippen MR) is 90.4 cm³/mol. The van der Waals surface area contributed by atoms with Crippen LogP contribution >= 0.6 is 38.5 Å². The standard InChI is InChI=1S/C14H10BrIO3S/c15-13-6-5-11(7-12(13)14(17)18)20(19)8-9-1-3-10(16)4-2-9/h1-7H,8H2,(H,17,18). The minimum Gasteiger partial charge on any atom is -0.478 e. The van der Waals surface area contributed by atoms with Crippen LogP contribution in [0, 0.1) is 3.57 Å². The molecule has 0 aliphatic carbocycles. The molecule has 2 rings (SSSR count). The Balaban J connectivity index is 2.23. The van der Waals surface area contributed by atoms with Crippen molar-refractivity contribution in [3.05, 3.63) is 61.6 Å². The lowest BCUT2D eigenvalue weighted by molar-refractivity contribution is 0.0695. The maximum atomic E-state index is 12.3. The highest BCUT2D eigenvalue weighted by Gasteiger charge is 2.12. The summed E-state index contributed by atoms with van der Waals surface area (Å²) < 4.78 is 13.9. The van der Waals surface area contributed by atoms with E-state index in [1.165, 1.54) is 6.07 Å². The van der Waals surface area contributed by atoms with Crippen molar-refractivity contribution in [2.24, 2.45) is 0 Å². The zero-order valence-corrected chi connectivity index (χ0v) is 14.7. The molecule has 1 N–H and O–H groups in total. The Morgan fingerprint density at radius 1 is 1.20 bits per heavy atom. The highest BCUT2D eigenvalue weighted by Crippen LogP contribution is 2.22. The summed E-state index contributed by atoms with van der Waals surface area (Å²) >= 11 is 5.38. The van der Waals surface area contributed by atoms with Crippen molar-refractivity contribution < 1.29 is 14.1 Å². The summed E-state index contributed by atoms with van der Waals surface area (Å²) in [5.41, 5.74) is 1.09. The summed E-state index contributed by atoms with van der Waals surface area (Å²) in [4.78, 5) is 11.6. The second-order valence-corrected chi connectivity index (χ2v) is 7.61. The SMILES string of the molecule is O=C(O)c1cc(S(=O)Cc2ccc(I)cc2)ccc1Br.